The minimum absolute atomic E-state index is 0.0384. The number of hydrogen-bond donors (Lipinski definition) is 0. The number of amides is 2. The highest BCUT2D eigenvalue weighted by Crippen LogP contribution is 2.34. The van der Waals surface area contributed by atoms with Crippen LogP contribution in [0.2, 0.25) is 0 Å². The van der Waals surface area contributed by atoms with Crippen molar-refractivity contribution in [3.05, 3.63) is 87.6 Å². The highest BCUT2D eigenvalue weighted by atomic mass is 32.1. The molecule has 2 amide bonds. The minimum atomic E-state index is -0.601. The lowest BCUT2D eigenvalue weighted by Crippen LogP contribution is -2.48. The molecule has 0 saturated carbocycles. The van der Waals surface area contributed by atoms with Crippen molar-refractivity contribution >= 4 is 23.2 Å². The Bertz CT molecular complexity index is 1200. The lowest BCUT2D eigenvalue weighted by molar-refractivity contribution is -0.135. The number of thiophene rings is 1. The molecule has 0 unspecified atom stereocenters. The van der Waals surface area contributed by atoms with Gasteiger partial charge in [0.1, 0.15) is 30.5 Å². The van der Waals surface area contributed by atoms with Crippen LogP contribution >= 0.6 is 11.3 Å². The number of carbonyl (C=O) groups is 2. The van der Waals surface area contributed by atoms with Crippen molar-refractivity contribution in [2.45, 2.75) is 32.7 Å². The summed E-state index contributed by atoms with van der Waals surface area (Å²) in [6, 6.07) is 13.3. The largest absolute Gasteiger partial charge is 0.491 e. The summed E-state index contributed by atoms with van der Waals surface area (Å²) in [6.07, 6.45) is 1.55. The molecule has 5 nitrogen and oxygen atoms in total. The second-order valence-corrected chi connectivity index (χ2v) is 10.1. The average Bonchev–Trinajstić information content (AvgIpc) is 3.36. The van der Waals surface area contributed by atoms with E-state index in [4.69, 9.17) is 4.74 Å². The summed E-state index contributed by atoms with van der Waals surface area (Å²) in [6.45, 7) is 4.92. The third-order valence-electron chi connectivity index (χ3n) is 6.58. The summed E-state index contributed by atoms with van der Waals surface area (Å²) in [7, 11) is 0. The van der Waals surface area contributed by atoms with Crippen molar-refractivity contribution in [2.24, 2.45) is 5.92 Å². The Balaban J connectivity index is 1.55. The normalized spacial score (nSPS) is 15.8. The smallest absolute Gasteiger partial charge is 0.257 e. The van der Waals surface area contributed by atoms with Gasteiger partial charge in [-0.1, -0.05) is 32.4 Å². The van der Waals surface area contributed by atoms with Crippen molar-refractivity contribution in [1.82, 2.24) is 9.80 Å². The van der Waals surface area contributed by atoms with E-state index in [1.165, 1.54) is 40.1 Å². The molecule has 0 N–H and O–H groups in total. The van der Waals surface area contributed by atoms with Crippen LogP contribution < -0.4 is 4.74 Å². The van der Waals surface area contributed by atoms with Gasteiger partial charge in [-0.05, 0) is 65.7 Å². The van der Waals surface area contributed by atoms with Crippen LogP contribution in [-0.2, 0) is 11.2 Å². The quantitative estimate of drug-likeness (QED) is 0.369. The lowest BCUT2D eigenvalue weighted by Gasteiger charge is -2.37. The molecule has 8 heteroatoms. The van der Waals surface area contributed by atoms with E-state index in [0.29, 0.717) is 18.8 Å². The van der Waals surface area contributed by atoms with Crippen LogP contribution in [0.4, 0.5) is 8.78 Å². The fraction of sp³-hybridized carbons (Fsp3) is 0.357. The van der Waals surface area contributed by atoms with E-state index in [0.717, 1.165) is 18.4 Å². The summed E-state index contributed by atoms with van der Waals surface area (Å²) in [5.74, 6) is -0.995. The van der Waals surface area contributed by atoms with E-state index in [1.807, 2.05) is 25.3 Å². The first kappa shape index (κ1) is 25.8. The van der Waals surface area contributed by atoms with Gasteiger partial charge in [0.25, 0.3) is 5.91 Å². The Kier molecular flexibility index (Phi) is 8.36. The minimum Gasteiger partial charge on any atom is -0.491 e. The Hall–Kier alpha value is -3.26. The maximum absolute atomic E-state index is 14.4. The molecule has 0 saturated heterocycles. The van der Waals surface area contributed by atoms with Crippen LogP contribution in [0.3, 0.4) is 0 Å². The number of halogens is 2. The number of ether oxygens (including phenoxy) is 1. The van der Waals surface area contributed by atoms with Gasteiger partial charge in [0.2, 0.25) is 5.91 Å². The van der Waals surface area contributed by atoms with Gasteiger partial charge in [0, 0.05) is 18.0 Å². The number of hydrogen-bond acceptors (Lipinski definition) is 4. The molecule has 2 atom stereocenters. The van der Waals surface area contributed by atoms with Crippen LogP contribution in [0, 0.1) is 17.6 Å². The van der Waals surface area contributed by atoms with Crippen molar-refractivity contribution in [1.29, 1.82) is 0 Å². The molecule has 190 valence electrons. The predicted molar refractivity (Wildman–Crippen MR) is 136 cm³/mol. The molecule has 1 aliphatic rings. The van der Waals surface area contributed by atoms with Crippen molar-refractivity contribution < 1.29 is 23.1 Å². The first-order chi connectivity index (χ1) is 17.4. The molecular formula is C28H30F2N2O3S. The Morgan fingerprint density at radius 3 is 2.61 bits per heavy atom. The van der Waals surface area contributed by atoms with Crippen molar-refractivity contribution in [3.8, 4) is 5.75 Å². The van der Waals surface area contributed by atoms with E-state index < -0.39 is 11.7 Å². The monoisotopic (exact) mass is 512 g/mol. The summed E-state index contributed by atoms with van der Waals surface area (Å²) in [4.78, 5) is 31.3. The van der Waals surface area contributed by atoms with Crippen LogP contribution in [0.25, 0.3) is 0 Å². The number of fused-ring (bicyclic) bond motifs is 1. The topological polar surface area (TPSA) is 49.9 Å². The highest BCUT2D eigenvalue weighted by molar-refractivity contribution is 7.10. The molecule has 0 radical (unpaired) electrons. The van der Waals surface area contributed by atoms with E-state index in [-0.39, 0.29) is 42.4 Å². The van der Waals surface area contributed by atoms with Crippen LogP contribution in [0.5, 0.6) is 5.75 Å². The number of carbonyl (C=O) groups excluding carboxylic acids is 2. The summed E-state index contributed by atoms with van der Waals surface area (Å²) in [5, 5.41) is 2.00. The summed E-state index contributed by atoms with van der Waals surface area (Å²) < 4.78 is 33.6. The van der Waals surface area contributed by atoms with Gasteiger partial charge in [-0.3, -0.25) is 9.59 Å². The molecule has 3 aromatic rings. The first-order valence-electron chi connectivity index (χ1n) is 12.1. The zero-order chi connectivity index (χ0) is 25.7. The molecule has 4 rings (SSSR count). The average molecular weight is 513 g/mol. The van der Waals surface area contributed by atoms with Gasteiger partial charge >= 0.3 is 0 Å². The molecule has 36 heavy (non-hydrogen) atoms. The number of nitrogens with zero attached hydrogens (tertiary/aromatic N) is 2. The Morgan fingerprint density at radius 1 is 1.14 bits per heavy atom. The Labute approximate surface area is 214 Å². The van der Waals surface area contributed by atoms with Crippen LogP contribution in [-0.4, -0.2) is 47.9 Å². The zero-order valence-corrected chi connectivity index (χ0v) is 21.3. The predicted octanol–water partition coefficient (Wildman–Crippen LogP) is 5.72. The van der Waals surface area contributed by atoms with Crippen LogP contribution in [0.1, 0.15) is 47.1 Å². The summed E-state index contributed by atoms with van der Waals surface area (Å²) in [5.41, 5.74) is 0.985. The van der Waals surface area contributed by atoms with Gasteiger partial charge in [0.15, 0.2) is 0 Å². The molecule has 2 heterocycles. The van der Waals surface area contributed by atoms with E-state index in [1.54, 1.807) is 34.4 Å². The fourth-order valence-corrected chi connectivity index (χ4v) is 5.29. The Morgan fingerprint density at radius 2 is 1.89 bits per heavy atom. The number of rotatable bonds is 9. The van der Waals surface area contributed by atoms with Gasteiger partial charge < -0.3 is 14.5 Å². The second kappa shape index (κ2) is 11.6. The van der Waals surface area contributed by atoms with Crippen molar-refractivity contribution in [2.75, 3.05) is 26.2 Å². The molecule has 2 aromatic carbocycles. The summed E-state index contributed by atoms with van der Waals surface area (Å²) >= 11 is 1.65. The van der Waals surface area contributed by atoms with Crippen LogP contribution in [0.15, 0.2) is 60.0 Å². The van der Waals surface area contributed by atoms with Gasteiger partial charge in [0.05, 0.1) is 11.6 Å². The highest BCUT2D eigenvalue weighted by Gasteiger charge is 2.34. The van der Waals surface area contributed by atoms with Gasteiger partial charge in [-0.25, -0.2) is 8.78 Å². The zero-order valence-electron chi connectivity index (χ0n) is 20.5. The second-order valence-electron chi connectivity index (χ2n) is 9.10. The van der Waals surface area contributed by atoms with E-state index >= 15 is 0 Å². The SMILES string of the molecule is CC[C@@H](C)CN(CC(=O)N1CCc2sccc2[C@@H]1COc1ccc(F)cc1)C(=O)c1ccccc1F. The third-order valence-corrected chi connectivity index (χ3v) is 7.58. The van der Waals surface area contributed by atoms with E-state index in [9.17, 15) is 18.4 Å². The first-order valence-corrected chi connectivity index (χ1v) is 13.0. The maximum Gasteiger partial charge on any atom is 0.257 e. The van der Waals surface area contributed by atoms with Crippen molar-refractivity contribution in [3.63, 3.8) is 0 Å². The molecule has 0 spiro atoms. The fourth-order valence-electron chi connectivity index (χ4n) is 4.36. The molecule has 0 aliphatic carbocycles. The molecular weight excluding hydrogens is 482 g/mol. The molecule has 1 aliphatic heterocycles. The third kappa shape index (κ3) is 5.93. The van der Waals surface area contributed by atoms with Gasteiger partial charge in [-0.15, -0.1) is 11.3 Å². The number of benzene rings is 2. The molecule has 1 aromatic heterocycles. The van der Waals surface area contributed by atoms with E-state index in [2.05, 4.69) is 0 Å². The maximum atomic E-state index is 14.4. The lowest BCUT2D eigenvalue weighted by atomic mass is 10.00. The molecule has 0 fully saturated rings. The standard InChI is InChI=1S/C28H30F2N2O3S/c1-3-19(2)16-31(28(34)22-6-4-5-7-24(22)30)17-27(33)32-14-12-26-23(13-15-36-26)25(32)18-35-21-10-8-20(29)9-11-21/h4-11,13,15,19,25H,3,12,14,16-18H2,1-2H3/t19-,25+/m1/s1. The van der Waals surface area contributed by atoms with Gasteiger partial charge in [-0.2, -0.15) is 0 Å². The molecule has 0 bridgehead atoms.